The number of amides is 1. The molecule has 30 heavy (non-hydrogen) atoms. The van der Waals surface area contributed by atoms with E-state index in [1.165, 1.54) is 0 Å². The van der Waals surface area contributed by atoms with Crippen LogP contribution in [-0.2, 0) is 11.3 Å². The standard InChI is InChI=1S/C24H25ClN2O3/c1-30-22-13-12-20(16-21(22)25)26-24(29)23(19-10-6-3-7-11-19)27(14-15-28)17-18-8-4-2-5-9-18/h2-13,16,23,28H,14-15,17H2,1H3,(H,26,29). The molecule has 3 rings (SSSR count). The molecule has 3 aromatic carbocycles. The number of nitrogens with one attached hydrogen (secondary N) is 1. The molecule has 0 aliphatic heterocycles. The van der Waals surface area contributed by atoms with E-state index in [0.717, 1.165) is 11.1 Å². The highest BCUT2D eigenvalue weighted by Crippen LogP contribution is 2.29. The van der Waals surface area contributed by atoms with Gasteiger partial charge in [0.15, 0.2) is 0 Å². The minimum Gasteiger partial charge on any atom is -0.495 e. The van der Waals surface area contributed by atoms with Gasteiger partial charge in [-0.15, -0.1) is 0 Å². The normalized spacial score (nSPS) is 11.9. The van der Waals surface area contributed by atoms with E-state index in [2.05, 4.69) is 5.32 Å². The summed E-state index contributed by atoms with van der Waals surface area (Å²) < 4.78 is 5.18. The Bertz CT molecular complexity index is 951. The maximum atomic E-state index is 13.4. The van der Waals surface area contributed by atoms with Gasteiger partial charge in [-0.3, -0.25) is 9.69 Å². The number of carbonyl (C=O) groups is 1. The lowest BCUT2D eigenvalue weighted by atomic mass is 10.0. The molecule has 0 aromatic heterocycles. The fourth-order valence-electron chi connectivity index (χ4n) is 3.36. The molecule has 0 aliphatic carbocycles. The van der Waals surface area contributed by atoms with Crippen molar-refractivity contribution in [2.24, 2.45) is 0 Å². The summed E-state index contributed by atoms with van der Waals surface area (Å²) in [5.74, 6) is 0.340. The van der Waals surface area contributed by atoms with Crippen molar-refractivity contribution >= 4 is 23.2 Å². The number of hydrogen-bond acceptors (Lipinski definition) is 4. The molecule has 0 aliphatic rings. The van der Waals surface area contributed by atoms with Crippen molar-refractivity contribution in [1.82, 2.24) is 4.90 Å². The van der Waals surface area contributed by atoms with E-state index in [4.69, 9.17) is 16.3 Å². The number of anilines is 1. The van der Waals surface area contributed by atoms with Crippen LogP contribution in [0.25, 0.3) is 0 Å². The lowest BCUT2D eigenvalue weighted by Crippen LogP contribution is -2.38. The molecule has 0 spiro atoms. The maximum Gasteiger partial charge on any atom is 0.246 e. The quantitative estimate of drug-likeness (QED) is 0.530. The Kier molecular flexibility index (Phi) is 7.85. The van der Waals surface area contributed by atoms with Gasteiger partial charge in [0.1, 0.15) is 11.8 Å². The van der Waals surface area contributed by atoms with Crippen LogP contribution < -0.4 is 10.1 Å². The van der Waals surface area contributed by atoms with Crippen LogP contribution in [0.4, 0.5) is 5.69 Å². The highest BCUT2D eigenvalue weighted by molar-refractivity contribution is 6.32. The molecule has 1 amide bonds. The van der Waals surface area contributed by atoms with E-state index in [-0.39, 0.29) is 12.5 Å². The van der Waals surface area contributed by atoms with Gasteiger partial charge < -0.3 is 15.2 Å². The molecule has 1 unspecified atom stereocenters. The summed E-state index contributed by atoms with van der Waals surface area (Å²) in [4.78, 5) is 15.3. The highest BCUT2D eigenvalue weighted by atomic mass is 35.5. The SMILES string of the molecule is COc1ccc(NC(=O)C(c2ccccc2)N(CCO)Cc2ccccc2)cc1Cl. The number of carbonyl (C=O) groups excluding carboxylic acids is 1. The van der Waals surface area contributed by atoms with Crippen molar-refractivity contribution in [3.63, 3.8) is 0 Å². The number of hydrogen-bond donors (Lipinski definition) is 2. The van der Waals surface area contributed by atoms with Gasteiger partial charge in [0, 0.05) is 18.8 Å². The Balaban J connectivity index is 1.90. The number of nitrogens with zero attached hydrogens (tertiary/aromatic N) is 1. The molecule has 0 saturated heterocycles. The zero-order chi connectivity index (χ0) is 21.3. The number of aliphatic hydroxyl groups excluding tert-OH is 1. The van der Waals surface area contributed by atoms with Gasteiger partial charge in [0.05, 0.1) is 18.7 Å². The first-order chi connectivity index (χ1) is 14.6. The molecule has 3 aromatic rings. The van der Waals surface area contributed by atoms with Gasteiger partial charge in [0.25, 0.3) is 0 Å². The second-order valence-electron chi connectivity index (χ2n) is 6.83. The number of rotatable bonds is 9. The number of ether oxygens (including phenoxy) is 1. The summed E-state index contributed by atoms with van der Waals surface area (Å²) in [5, 5.41) is 13.0. The Morgan fingerprint density at radius 3 is 2.33 bits per heavy atom. The summed E-state index contributed by atoms with van der Waals surface area (Å²) in [6.45, 7) is 0.820. The summed E-state index contributed by atoms with van der Waals surface area (Å²) in [5.41, 5.74) is 2.49. The van der Waals surface area contributed by atoms with Crippen molar-refractivity contribution in [2.75, 3.05) is 25.6 Å². The molecular formula is C24H25ClN2O3. The monoisotopic (exact) mass is 424 g/mol. The molecule has 5 nitrogen and oxygen atoms in total. The number of benzene rings is 3. The van der Waals surface area contributed by atoms with E-state index in [1.54, 1.807) is 25.3 Å². The summed E-state index contributed by atoms with van der Waals surface area (Å²) in [6.07, 6.45) is 0. The largest absolute Gasteiger partial charge is 0.495 e. The summed E-state index contributed by atoms with van der Waals surface area (Å²) in [6, 6.07) is 24.0. The van der Waals surface area contributed by atoms with Gasteiger partial charge in [-0.05, 0) is 29.3 Å². The summed E-state index contributed by atoms with van der Waals surface area (Å²) in [7, 11) is 1.54. The molecule has 0 bridgehead atoms. The molecule has 0 saturated carbocycles. The van der Waals surface area contributed by atoms with E-state index in [1.807, 2.05) is 65.6 Å². The topological polar surface area (TPSA) is 61.8 Å². The maximum absolute atomic E-state index is 13.4. The predicted molar refractivity (Wildman–Crippen MR) is 120 cm³/mol. The van der Waals surface area contributed by atoms with Crippen molar-refractivity contribution in [3.05, 3.63) is 95.0 Å². The average molecular weight is 425 g/mol. The molecular weight excluding hydrogens is 400 g/mol. The molecule has 0 fully saturated rings. The van der Waals surface area contributed by atoms with Gasteiger partial charge in [-0.25, -0.2) is 0 Å². The first kappa shape index (κ1) is 21.8. The van der Waals surface area contributed by atoms with E-state index in [9.17, 15) is 9.90 Å². The molecule has 0 radical (unpaired) electrons. The molecule has 6 heteroatoms. The second-order valence-corrected chi connectivity index (χ2v) is 7.24. The van der Waals surface area contributed by atoms with Gasteiger partial charge >= 0.3 is 0 Å². The lowest BCUT2D eigenvalue weighted by molar-refractivity contribution is -0.122. The third-order valence-electron chi connectivity index (χ3n) is 4.76. The first-order valence-corrected chi connectivity index (χ1v) is 10.1. The number of halogens is 1. The van der Waals surface area contributed by atoms with Crippen molar-refractivity contribution in [2.45, 2.75) is 12.6 Å². The Labute approximate surface area is 181 Å². The van der Waals surface area contributed by atoms with Crippen LogP contribution in [0.1, 0.15) is 17.2 Å². The van der Waals surface area contributed by atoms with E-state index >= 15 is 0 Å². The van der Waals surface area contributed by atoms with Crippen LogP contribution in [0, 0.1) is 0 Å². The van der Waals surface area contributed by atoms with Crippen LogP contribution in [0.5, 0.6) is 5.75 Å². The minimum absolute atomic E-state index is 0.0577. The zero-order valence-corrected chi connectivity index (χ0v) is 17.5. The Morgan fingerprint density at radius 1 is 1.07 bits per heavy atom. The predicted octanol–water partition coefficient (Wildman–Crippen LogP) is 4.52. The number of methoxy groups -OCH3 is 1. The third kappa shape index (κ3) is 5.60. The fraction of sp³-hybridized carbons (Fsp3) is 0.208. The van der Waals surface area contributed by atoms with Gasteiger partial charge in [-0.2, -0.15) is 0 Å². The molecule has 156 valence electrons. The average Bonchev–Trinajstić information content (AvgIpc) is 2.76. The summed E-state index contributed by atoms with van der Waals surface area (Å²) >= 11 is 6.21. The number of aliphatic hydroxyl groups is 1. The molecule has 1 atom stereocenters. The molecule has 0 heterocycles. The van der Waals surface area contributed by atoms with Crippen LogP contribution in [0.3, 0.4) is 0 Å². The van der Waals surface area contributed by atoms with Gasteiger partial charge in [-0.1, -0.05) is 72.3 Å². The zero-order valence-electron chi connectivity index (χ0n) is 16.8. The first-order valence-electron chi connectivity index (χ1n) is 9.70. The van der Waals surface area contributed by atoms with E-state index < -0.39 is 6.04 Å². The molecule has 2 N–H and O–H groups in total. The highest BCUT2D eigenvalue weighted by Gasteiger charge is 2.28. The minimum atomic E-state index is -0.584. The fourth-order valence-corrected chi connectivity index (χ4v) is 3.62. The Hall–Kier alpha value is -2.86. The van der Waals surface area contributed by atoms with Crippen molar-refractivity contribution < 1.29 is 14.6 Å². The Morgan fingerprint density at radius 2 is 1.73 bits per heavy atom. The van der Waals surface area contributed by atoms with Crippen LogP contribution in [-0.4, -0.2) is 36.2 Å². The van der Waals surface area contributed by atoms with E-state index in [0.29, 0.717) is 29.5 Å². The van der Waals surface area contributed by atoms with Gasteiger partial charge in [0.2, 0.25) is 5.91 Å². The second kappa shape index (κ2) is 10.8. The van der Waals surface area contributed by atoms with Crippen molar-refractivity contribution in [1.29, 1.82) is 0 Å². The van der Waals surface area contributed by atoms with Crippen molar-refractivity contribution in [3.8, 4) is 5.75 Å². The smallest absolute Gasteiger partial charge is 0.246 e. The lowest BCUT2D eigenvalue weighted by Gasteiger charge is -2.31. The third-order valence-corrected chi connectivity index (χ3v) is 5.06. The van der Waals surface area contributed by atoms with Crippen LogP contribution in [0.2, 0.25) is 5.02 Å². The van der Waals surface area contributed by atoms with Crippen LogP contribution >= 0.6 is 11.6 Å². The van der Waals surface area contributed by atoms with Crippen LogP contribution in [0.15, 0.2) is 78.9 Å².